The van der Waals surface area contributed by atoms with Gasteiger partial charge in [0.25, 0.3) is 0 Å². The maximum Gasteiger partial charge on any atom is 0.148 e. The van der Waals surface area contributed by atoms with Crippen LogP contribution in [-0.4, -0.2) is 19.1 Å². The second-order valence-corrected chi connectivity index (χ2v) is 4.66. The van der Waals surface area contributed by atoms with Gasteiger partial charge in [0.05, 0.1) is 5.69 Å². The molecule has 0 saturated carbocycles. The molecule has 2 heterocycles. The van der Waals surface area contributed by atoms with Crippen LogP contribution in [0.1, 0.15) is 16.8 Å². The van der Waals surface area contributed by atoms with Crippen LogP contribution < -0.4 is 10.1 Å². The van der Waals surface area contributed by atoms with Gasteiger partial charge < -0.3 is 10.1 Å². The molecule has 3 rings (SSSR count). The number of hydrogen-bond donors (Lipinski definition) is 1. The highest BCUT2D eigenvalue weighted by Crippen LogP contribution is 2.32. The molecule has 1 aromatic heterocycles. The van der Waals surface area contributed by atoms with Crippen molar-refractivity contribution < 1.29 is 4.74 Å². The van der Waals surface area contributed by atoms with E-state index in [1.807, 2.05) is 32.4 Å². The third-order valence-electron chi connectivity index (χ3n) is 2.92. The van der Waals surface area contributed by atoms with E-state index in [0.29, 0.717) is 0 Å². The molecule has 0 radical (unpaired) electrons. The van der Waals surface area contributed by atoms with Crippen molar-refractivity contribution in [1.82, 2.24) is 10.3 Å². The molecule has 0 bridgehead atoms. The number of pyridine rings is 1. The zero-order valence-electron chi connectivity index (χ0n) is 11.7. The van der Waals surface area contributed by atoms with Gasteiger partial charge in [0.2, 0.25) is 0 Å². The molecule has 0 spiro atoms. The lowest BCUT2D eigenvalue weighted by Crippen LogP contribution is -1.91. The number of nitrogens with one attached hydrogen (secondary N) is 1. The molecule has 0 unspecified atom stereocenters. The minimum absolute atomic E-state index is 0.895. The van der Waals surface area contributed by atoms with E-state index in [0.717, 1.165) is 30.0 Å². The summed E-state index contributed by atoms with van der Waals surface area (Å²) < 4.78 is 5.92. The van der Waals surface area contributed by atoms with E-state index < -0.39 is 0 Å². The molecule has 1 aliphatic rings. The molecule has 3 nitrogen and oxygen atoms in total. The Kier molecular flexibility index (Phi) is 4.53. The summed E-state index contributed by atoms with van der Waals surface area (Å²) in [5.74, 6) is 1.87. The summed E-state index contributed by atoms with van der Waals surface area (Å²) in [6.45, 7) is 2.08. The van der Waals surface area contributed by atoms with Crippen molar-refractivity contribution in [2.75, 3.05) is 14.1 Å². The standard InChI is InChI=1S/C14H13NO.C2H7N/c1-10-4-5-11-6-7-12-13(3-2-8-15-12)16-14(11)9-10;1-3-2/h2-5,8-9H,6-7H2,1H3;3H,1-2H3. The molecular weight excluding hydrogens is 236 g/mol. The first-order valence-corrected chi connectivity index (χ1v) is 6.54. The van der Waals surface area contributed by atoms with Crippen LogP contribution in [0.2, 0.25) is 0 Å². The zero-order valence-corrected chi connectivity index (χ0v) is 11.7. The Labute approximate surface area is 114 Å². The fourth-order valence-electron chi connectivity index (χ4n) is 2.04. The maximum absolute atomic E-state index is 5.92. The topological polar surface area (TPSA) is 34.1 Å². The van der Waals surface area contributed by atoms with Crippen molar-refractivity contribution in [3.8, 4) is 11.5 Å². The lowest BCUT2D eigenvalue weighted by Gasteiger charge is -2.08. The van der Waals surface area contributed by atoms with E-state index in [4.69, 9.17) is 4.74 Å². The molecule has 19 heavy (non-hydrogen) atoms. The van der Waals surface area contributed by atoms with Crippen LogP contribution in [0.4, 0.5) is 0 Å². The van der Waals surface area contributed by atoms with E-state index in [1.165, 1.54) is 11.1 Å². The largest absolute Gasteiger partial charge is 0.455 e. The molecule has 0 amide bonds. The third-order valence-corrected chi connectivity index (χ3v) is 2.92. The molecular formula is C16H20N2O. The average molecular weight is 256 g/mol. The van der Waals surface area contributed by atoms with Crippen LogP contribution in [0.5, 0.6) is 11.5 Å². The maximum atomic E-state index is 5.92. The molecule has 2 aromatic rings. The van der Waals surface area contributed by atoms with Crippen molar-refractivity contribution in [1.29, 1.82) is 0 Å². The van der Waals surface area contributed by atoms with Crippen LogP contribution in [0.15, 0.2) is 36.5 Å². The van der Waals surface area contributed by atoms with E-state index in [1.54, 1.807) is 0 Å². The van der Waals surface area contributed by atoms with Gasteiger partial charge in [-0.25, -0.2) is 0 Å². The number of rotatable bonds is 0. The summed E-state index contributed by atoms with van der Waals surface area (Å²) in [5.41, 5.74) is 3.55. The predicted octanol–water partition coefficient (Wildman–Crippen LogP) is 3.12. The zero-order chi connectivity index (χ0) is 13.7. The molecule has 0 atom stereocenters. The van der Waals surface area contributed by atoms with Crippen molar-refractivity contribution >= 4 is 0 Å². The van der Waals surface area contributed by atoms with E-state index in [2.05, 4.69) is 35.4 Å². The SMILES string of the molecule is CNC.Cc1ccc2c(c1)Oc1cccnc1CC2. The molecule has 1 aromatic carbocycles. The summed E-state index contributed by atoms with van der Waals surface area (Å²) in [5, 5.41) is 2.75. The minimum atomic E-state index is 0.895. The predicted molar refractivity (Wildman–Crippen MR) is 77.9 cm³/mol. The normalized spacial score (nSPS) is 12.2. The minimum Gasteiger partial charge on any atom is -0.455 e. The van der Waals surface area contributed by atoms with Crippen molar-refractivity contribution in [3.63, 3.8) is 0 Å². The number of benzene rings is 1. The number of hydrogen-bond acceptors (Lipinski definition) is 3. The first-order chi connectivity index (χ1) is 9.24. The number of aromatic nitrogens is 1. The summed E-state index contributed by atoms with van der Waals surface area (Å²) in [7, 11) is 3.75. The Morgan fingerprint density at radius 3 is 2.68 bits per heavy atom. The summed E-state index contributed by atoms with van der Waals surface area (Å²) in [6, 6.07) is 10.3. The lowest BCUT2D eigenvalue weighted by atomic mass is 10.1. The van der Waals surface area contributed by atoms with Crippen LogP contribution in [0, 0.1) is 6.92 Å². The number of ether oxygens (including phenoxy) is 1. The van der Waals surface area contributed by atoms with Crippen molar-refractivity contribution in [3.05, 3.63) is 53.3 Å². The second-order valence-electron chi connectivity index (χ2n) is 4.66. The first kappa shape index (κ1) is 13.6. The van der Waals surface area contributed by atoms with Crippen molar-refractivity contribution in [2.24, 2.45) is 0 Å². The van der Waals surface area contributed by atoms with Gasteiger partial charge in [-0.15, -0.1) is 0 Å². The molecule has 3 heteroatoms. The van der Waals surface area contributed by atoms with Gasteiger partial charge in [-0.2, -0.15) is 0 Å². The molecule has 0 aliphatic carbocycles. The van der Waals surface area contributed by atoms with Gasteiger partial charge in [0.15, 0.2) is 0 Å². The monoisotopic (exact) mass is 256 g/mol. The number of aryl methyl sites for hydroxylation is 3. The molecule has 0 fully saturated rings. The van der Waals surface area contributed by atoms with Gasteiger partial charge in [-0.1, -0.05) is 12.1 Å². The molecule has 100 valence electrons. The Hall–Kier alpha value is -1.87. The molecule has 1 N–H and O–H groups in total. The van der Waals surface area contributed by atoms with Gasteiger partial charge in [-0.3, -0.25) is 4.98 Å². The molecule has 1 aliphatic heterocycles. The van der Waals surface area contributed by atoms with Crippen molar-refractivity contribution in [2.45, 2.75) is 19.8 Å². The van der Waals surface area contributed by atoms with E-state index >= 15 is 0 Å². The third kappa shape index (κ3) is 3.32. The van der Waals surface area contributed by atoms with Gasteiger partial charge >= 0.3 is 0 Å². The summed E-state index contributed by atoms with van der Waals surface area (Å²) in [4.78, 5) is 4.36. The van der Waals surface area contributed by atoms with Gasteiger partial charge in [0.1, 0.15) is 11.5 Å². The highest BCUT2D eigenvalue weighted by Gasteiger charge is 2.14. The number of nitrogens with zero attached hydrogens (tertiary/aromatic N) is 1. The average Bonchev–Trinajstić information content (AvgIpc) is 2.58. The number of fused-ring (bicyclic) bond motifs is 2. The second kappa shape index (κ2) is 6.34. The first-order valence-electron chi connectivity index (χ1n) is 6.54. The fraction of sp³-hybridized carbons (Fsp3) is 0.312. The van der Waals surface area contributed by atoms with Crippen LogP contribution >= 0.6 is 0 Å². The quantitative estimate of drug-likeness (QED) is 0.786. The smallest absolute Gasteiger partial charge is 0.148 e. The highest BCUT2D eigenvalue weighted by atomic mass is 16.5. The molecule has 0 saturated heterocycles. The van der Waals surface area contributed by atoms with Crippen LogP contribution in [0.3, 0.4) is 0 Å². The van der Waals surface area contributed by atoms with Gasteiger partial charge in [0, 0.05) is 6.20 Å². The summed E-state index contributed by atoms with van der Waals surface area (Å²) in [6.07, 6.45) is 3.77. The lowest BCUT2D eigenvalue weighted by molar-refractivity contribution is 0.476. The Morgan fingerprint density at radius 2 is 1.89 bits per heavy atom. The van der Waals surface area contributed by atoms with E-state index in [-0.39, 0.29) is 0 Å². The Bertz CT molecular complexity index is 552. The van der Waals surface area contributed by atoms with Gasteiger partial charge in [-0.05, 0) is 63.2 Å². The summed E-state index contributed by atoms with van der Waals surface area (Å²) >= 11 is 0. The Morgan fingerprint density at radius 1 is 1.11 bits per heavy atom. The fourth-order valence-corrected chi connectivity index (χ4v) is 2.04. The Balaban J connectivity index is 0.000000408. The van der Waals surface area contributed by atoms with Crippen LogP contribution in [0.25, 0.3) is 0 Å². The highest BCUT2D eigenvalue weighted by molar-refractivity contribution is 5.44. The van der Waals surface area contributed by atoms with E-state index in [9.17, 15) is 0 Å². The van der Waals surface area contributed by atoms with Crippen LogP contribution in [-0.2, 0) is 12.8 Å².